The second-order valence-electron chi connectivity index (χ2n) is 4.37. The number of nitrogens with one attached hydrogen (secondary N) is 1. The molecule has 0 aliphatic rings. The molecular weight excluding hydrogens is 270 g/mol. The summed E-state index contributed by atoms with van der Waals surface area (Å²) in [6.45, 7) is 2.33. The lowest BCUT2D eigenvalue weighted by Crippen LogP contribution is -2.26. The summed E-state index contributed by atoms with van der Waals surface area (Å²) in [6, 6.07) is 15.0. The Balaban J connectivity index is 1.82. The molecule has 0 radical (unpaired) electrons. The second-order valence-corrected chi connectivity index (χ2v) is 5.54. The molecule has 0 spiro atoms. The summed E-state index contributed by atoms with van der Waals surface area (Å²) in [6.07, 6.45) is 0. The maximum Gasteiger partial charge on any atom is 0.251 e. The maximum atomic E-state index is 12.0. The van der Waals surface area contributed by atoms with Gasteiger partial charge >= 0.3 is 0 Å². The summed E-state index contributed by atoms with van der Waals surface area (Å²) in [7, 11) is 0. The number of aromatic hydroxyl groups is 1. The van der Waals surface area contributed by atoms with Crippen molar-refractivity contribution < 1.29 is 9.90 Å². The van der Waals surface area contributed by atoms with Crippen molar-refractivity contribution in [3.05, 3.63) is 59.7 Å². The molecule has 0 unspecified atom stereocenters. The number of phenols is 1. The molecule has 0 saturated carbocycles. The van der Waals surface area contributed by atoms with Crippen LogP contribution < -0.4 is 5.32 Å². The number of amides is 1. The van der Waals surface area contributed by atoms with Gasteiger partial charge in [0.15, 0.2) is 0 Å². The quantitative estimate of drug-likeness (QED) is 0.656. The zero-order valence-electron chi connectivity index (χ0n) is 11.3. The van der Waals surface area contributed by atoms with Gasteiger partial charge in [-0.1, -0.05) is 24.3 Å². The third-order valence-corrected chi connectivity index (χ3v) is 3.96. The topological polar surface area (TPSA) is 49.3 Å². The number of benzene rings is 2. The molecule has 2 rings (SSSR count). The Morgan fingerprint density at radius 1 is 1.15 bits per heavy atom. The minimum Gasteiger partial charge on any atom is -0.508 e. The highest BCUT2D eigenvalue weighted by Gasteiger charge is 2.10. The number of hydrogen-bond donors (Lipinski definition) is 2. The van der Waals surface area contributed by atoms with E-state index in [4.69, 9.17) is 0 Å². The predicted molar refractivity (Wildman–Crippen MR) is 82.3 cm³/mol. The molecule has 0 saturated heterocycles. The molecule has 0 heterocycles. The second kappa shape index (κ2) is 7.01. The third-order valence-electron chi connectivity index (χ3n) is 2.95. The van der Waals surface area contributed by atoms with Crippen LogP contribution in [-0.4, -0.2) is 23.3 Å². The largest absolute Gasteiger partial charge is 0.508 e. The van der Waals surface area contributed by atoms with Crippen LogP contribution in [0.5, 0.6) is 5.75 Å². The van der Waals surface area contributed by atoms with Gasteiger partial charge in [0, 0.05) is 28.3 Å². The molecule has 0 aliphatic carbocycles. The highest BCUT2D eigenvalue weighted by atomic mass is 32.2. The van der Waals surface area contributed by atoms with Gasteiger partial charge in [0.05, 0.1) is 0 Å². The summed E-state index contributed by atoms with van der Waals surface area (Å²) in [4.78, 5) is 13.2. The fraction of sp³-hybridized carbons (Fsp3) is 0.188. The molecule has 0 bridgehead atoms. The molecule has 2 N–H and O–H groups in total. The van der Waals surface area contributed by atoms with Gasteiger partial charge in [-0.05, 0) is 31.2 Å². The molecule has 2 aromatic rings. The standard InChI is InChI=1S/C16H17NO2S/c1-12-14(8-5-9-15(12)18)16(19)17-10-11-20-13-6-3-2-4-7-13/h2-9,18H,10-11H2,1H3,(H,17,19). The van der Waals surface area contributed by atoms with Crippen LogP contribution in [0.25, 0.3) is 0 Å². The van der Waals surface area contributed by atoms with Crippen molar-refractivity contribution in [2.75, 3.05) is 12.3 Å². The molecular formula is C16H17NO2S. The zero-order chi connectivity index (χ0) is 14.4. The lowest BCUT2D eigenvalue weighted by atomic mass is 10.1. The Morgan fingerprint density at radius 2 is 1.90 bits per heavy atom. The Morgan fingerprint density at radius 3 is 2.65 bits per heavy atom. The smallest absolute Gasteiger partial charge is 0.251 e. The van der Waals surface area contributed by atoms with Gasteiger partial charge in [0.25, 0.3) is 5.91 Å². The van der Waals surface area contributed by atoms with E-state index in [2.05, 4.69) is 5.32 Å². The van der Waals surface area contributed by atoms with Crippen molar-refractivity contribution in [2.45, 2.75) is 11.8 Å². The van der Waals surface area contributed by atoms with Gasteiger partial charge in [0.1, 0.15) is 5.75 Å². The molecule has 1 amide bonds. The van der Waals surface area contributed by atoms with Crippen LogP contribution in [0.4, 0.5) is 0 Å². The molecule has 4 heteroatoms. The molecule has 0 aromatic heterocycles. The lowest BCUT2D eigenvalue weighted by molar-refractivity contribution is 0.0955. The Bertz CT molecular complexity index is 584. The first-order valence-electron chi connectivity index (χ1n) is 6.43. The molecule has 0 atom stereocenters. The summed E-state index contributed by atoms with van der Waals surface area (Å²) in [5, 5.41) is 12.5. The van der Waals surface area contributed by atoms with Crippen LogP contribution in [0, 0.1) is 6.92 Å². The predicted octanol–water partition coefficient (Wildman–Crippen LogP) is 3.22. The van der Waals surface area contributed by atoms with Crippen LogP contribution in [0.2, 0.25) is 0 Å². The van der Waals surface area contributed by atoms with Gasteiger partial charge < -0.3 is 10.4 Å². The number of carbonyl (C=O) groups excluding carboxylic acids is 1. The van der Waals surface area contributed by atoms with Crippen molar-refractivity contribution in [3.8, 4) is 5.75 Å². The maximum absolute atomic E-state index is 12.0. The molecule has 20 heavy (non-hydrogen) atoms. The SMILES string of the molecule is Cc1c(O)cccc1C(=O)NCCSc1ccccc1. The fourth-order valence-electron chi connectivity index (χ4n) is 1.81. The number of hydrogen-bond acceptors (Lipinski definition) is 3. The lowest BCUT2D eigenvalue weighted by Gasteiger charge is -2.08. The van der Waals surface area contributed by atoms with E-state index in [0.717, 1.165) is 5.75 Å². The van der Waals surface area contributed by atoms with Gasteiger partial charge in [-0.2, -0.15) is 0 Å². The van der Waals surface area contributed by atoms with Gasteiger partial charge in [-0.3, -0.25) is 4.79 Å². The summed E-state index contributed by atoms with van der Waals surface area (Å²) >= 11 is 1.70. The Kier molecular flexibility index (Phi) is 5.07. The van der Waals surface area contributed by atoms with Crippen LogP contribution in [-0.2, 0) is 0 Å². The van der Waals surface area contributed by atoms with Crippen LogP contribution >= 0.6 is 11.8 Å². The monoisotopic (exact) mass is 287 g/mol. The first-order chi connectivity index (χ1) is 9.68. The van der Waals surface area contributed by atoms with E-state index in [0.29, 0.717) is 17.7 Å². The first-order valence-corrected chi connectivity index (χ1v) is 7.41. The third kappa shape index (κ3) is 3.78. The average molecular weight is 287 g/mol. The van der Waals surface area contributed by atoms with E-state index in [1.54, 1.807) is 36.9 Å². The van der Waals surface area contributed by atoms with Gasteiger partial charge in [-0.15, -0.1) is 11.8 Å². The van der Waals surface area contributed by atoms with Crippen LogP contribution in [0.3, 0.4) is 0 Å². The van der Waals surface area contributed by atoms with Gasteiger partial charge in [0.2, 0.25) is 0 Å². The van der Waals surface area contributed by atoms with E-state index >= 15 is 0 Å². The Labute approximate surface area is 123 Å². The normalized spacial score (nSPS) is 10.2. The number of phenolic OH excluding ortho intramolecular Hbond substituents is 1. The van der Waals surface area contributed by atoms with E-state index < -0.39 is 0 Å². The summed E-state index contributed by atoms with van der Waals surface area (Å²) in [5.74, 6) is 0.816. The molecule has 2 aromatic carbocycles. The molecule has 3 nitrogen and oxygen atoms in total. The van der Waals surface area contributed by atoms with E-state index in [-0.39, 0.29) is 11.7 Å². The minimum atomic E-state index is -0.146. The van der Waals surface area contributed by atoms with Crippen molar-refractivity contribution >= 4 is 17.7 Å². The van der Waals surface area contributed by atoms with Crippen molar-refractivity contribution in [2.24, 2.45) is 0 Å². The number of rotatable bonds is 5. The number of thioether (sulfide) groups is 1. The molecule has 104 valence electrons. The van der Waals surface area contributed by atoms with Crippen molar-refractivity contribution in [1.29, 1.82) is 0 Å². The molecule has 0 aliphatic heterocycles. The zero-order valence-corrected chi connectivity index (χ0v) is 12.1. The first kappa shape index (κ1) is 14.5. The summed E-state index contributed by atoms with van der Waals surface area (Å²) < 4.78 is 0. The highest BCUT2D eigenvalue weighted by Crippen LogP contribution is 2.19. The minimum absolute atomic E-state index is 0.146. The van der Waals surface area contributed by atoms with E-state index in [1.165, 1.54) is 4.90 Å². The Hall–Kier alpha value is -1.94. The summed E-state index contributed by atoms with van der Waals surface area (Å²) in [5.41, 5.74) is 1.13. The van der Waals surface area contributed by atoms with E-state index in [1.807, 2.05) is 30.3 Å². The highest BCUT2D eigenvalue weighted by molar-refractivity contribution is 7.99. The molecule has 0 fully saturated rings. The van der Waals surface area contributed by atoms with Crippen LogP contribution in [0.1, 0.15) is 15.9 Å². The number of carbonyl (C=O) groups is 1. The van der Waals surface area contributed by atoms with Crippen molar-refractivity contribution in [1.82, 2.24) is 5.32 Å². The average Bonchev–Trinajstić information content (AvgIpc) is 2.47. The van der Waals surface area contributed by atoms with Crippen LogP contribution in [0.15, 0.2) is 53.4 Å². The van der Waals surface area contributed by atoms with Crippen molar-refractivity contribution in [3.63, 3.8) is 0 Å². The van der Waals surface area contributed by atoms with Gasteiger partial charge in [-0.25, -0.2) is 0 Å². The fourth-order valence-corrected chi connectivity index (χ4v) is 2.60. The van der Waals surface area contributed by atoms with E-state index in [9.17, 15) is 9.90 Å².